The van der Waals surface area contributed by atoms with Crippen molar-refractivity contribution in [1.29, 1.82) is 0 Å². The molecular formula is C24H23N3O5. The number of benzene rings is 2. The molecule has 1 aromatic heterocycles. The van der Waals surface area contributed by atoms with Crippen molar-refractivity contribution >= 4 is 11.8 Å². The van der Waals surface area contributed by atoms with Gasteiger partial charge in [-0.25, -0.2) is 5.01 Å². The third kappa shape index (κ3) is 3.94. The molecule has 8 nitrogen and oxygen atoms in total. The summed E-state index contributed by atoms with van der Waals surface area (Å²) in [5.74, 6) is 1.13. The van der Waals surface area contributed by atoms with E-state index in [4.69, 9.17) is 14.2 Å². The molecule has 0 aliphatic carbocycles. The largest absolute Gasteiger partial charge is 0.497 e. The van der Waals surface area contributed by atoms with Crippen LogP contribution >= 0.6 is 0 Å². The molecule has 0 unspecified atom stereocenters. The zero-order valence-corrected chi connectivity index (χ0v) is 18.0. The molecule has 1 aliphatic rings. The standard InChI is InChI=1S/C24H23N3O5/c1-30-18-6-4-15(5-7-18)23-19-14-21(32-3)20(31-2)12-17(19)13-22(28)27(23)26-24(29)16-8-10-25-11-9-16/h4-12,14,23H,13H2,1-3H3,(H,26,29)/t23-/m1/s1. The van der Waals surface area contributed by atoms with Crippen LogP contribution in [0.4, 0.5) is 0 Å². The van der Waals surface area contributed by atoms with E-state index in [9.17, 15) is 9.59 Å². The second kappa shape index (κ2) is 8.97. The van der Waals surface area contributed by atoms with Gasteiger partial charge in [-0.05, 0) is 53.1 Å². The van der Waals surface area contributed by atoms with Gasteiger partial charge in [-0.15, -0.1) is 0 Å². The van der Waals surface area contributed by atoms with Gasteiger partial charge in [0.2, 0.25) is 5.91 Å². The van der Waals surface area contributed by atoms with Crippen molar-refractivity contribution in [3.63, 3.8) is 0 Å². The summed E-state index contributed by atoms with van der Waals surface area (Å²) in [6.07, 6.45) is 3.17. The molecule has 0 fully saturated rings. The highest BCUT2D eigenvalue weighted by molar-refractivity contribution is 5.96. The maximum Gasteiger partial charge on any atom is 0.270 e. The van der Waals surface area contributed by atoms with Crippen LogP contribution in [0.3, 0.4) is 0 Å². The fourth-order valence-corrected chi connectivity index (χ4v) is 3.79. The first-order valence-electron chi connectivity index (χ1n) is 9.97. The van der Waals surface area contributed by atoms with Crippen LogP contribution < -0.4 is 19.6 Å². The van der Waals surface area contributed by atoms with Crippen molar-refractivity contribution in [2.75, 3.05) is 21.3 Å². The summed E-state index contributed by atoms with van der Waals surface area (Å²) in [7, 11) is 4.70. The maximum absolute atomic E-state index is 13.2. The van der Waals surface area contributed by atoms with Crippen LogP contribution in [-0.2, 0) is 11.2 Å². The molecule has 3 aromatic rings. The van der Waals surface area contributed by atoms with Gasteiger partial charge in [0, 0.05) is 18.0 Å². The average molecular weight is 433 g/mol. The van der Waals surface area contributed by atoms with Gasteiger partial charge < -0.3 is 14.2 Å². The van der Waals surface area contributed by atoms with Gasteiger partial charge >= 0.3 is 0 Å². The number of carbonyl (C=O) groups is 2. The molecule has 2 aromatic carbocycles. The molecule has 1 aliphatic heterocycles. The number of aromatic nitrogens is 1. The van der Waals surface area contributed by atoms with Crippen molar-refractivity contribution in [2.24, 2.45) is 0 Å². The minimum Gasteiger partial charge on any atom is -0.497 e. The Bertz CT molecular complexity index is 1130. The van der Waals surface area contributed by atoms with E-state index < -0.39 is 11.9 Å². The van der Waals surface area contributed by atoms with Gasteiger partial charge in [-0.2, -0.15) is 0 Å². The Morgan fingerprint density at radius 2 is 1.62 bits per heavy atom. The van der Waals surface area contributed by atoms with E-state index in [-0.39, 0.29) is 12.3 Å². The van der Waals surface area contributed by atoms with Crippen LogP contribution in [0.1, 0.15) is 33.1 Å². The van der Waals surface area contributed by atoms with Gasteiger partial charge in [0.15, 0.2) is 11.5 Å². The first-order chi connectivity index (χ1) is 15.5. The Hall–Kier alpha value is -4.07. The Morgan fingerprint density at radius 3 is 2.25 bits per heavy atom. The summed E-state index contributed by atoms with van der Waals surface area (Å²) in [5, 5.41) is 1.37. The number of carbonyl (C=O) groups excluding carboxylic acids is 2. The minimum absolute atomic E-state index is 0.110. The lowest BCUT2D eigenvalue weighted by Gasteiger charge is -2.37. The van der Waals surface area contributed by atoms with E-state index in [1.54, 1.807) is 33.5 Å². The van der Waals surface area contributed by atoms with Crippen LogP contribution in [0.15, 0.2) is 60.9 Å². The first-order valence-corrected chi connectivity index (χ1v) is 9.97. The normalized spacial score (nSPS) is 15.0. The Labute approximate surface area is 185 Å². The smallest absolute Gasteiger partial charge is 0.270 e. The fraction of sp³-hybridized carbons (Fsp3) is 0.208. The molecule has 0 saturated carbocycles. The van der Waals surface area contributed by atoms with E-state index in [2.05, 4.69) is 10.4 Å². The number of nitrogens with zero attached hydrogens (tertiary/aromatic N) is 2. The summed E-state index contributed by atoms with van der Waals surface area (Å²) in [6.45, 7) is 0. The number of hydrazine groups is 1. The van der Waals surface area contributed by atoms with Crippen LogP contribution in [0.25, 0.3) is 0 Å². The van der Waals surface area contributed by atoms with Gasteiger partial charge in [-0.1, -0.05) is 12.1 Å². The van der Waals surface area contributed by atoms with Crippen molar-refractivity contribution in [3.05, 3.63) is 83.2 Å². The van der Waals surface area contributed by atoms with E-state index >= 15 is 0 Å². The van der Waals surface area contributed by atoms with Crippen molar-refractivity contribution in [1.82, 2.24) is 15.4 Å². The molecule has 164 valence electrons. The molecule has 8 heteroatoms. The van der Waals surface area contributed by atoms with Crippen molar-refractivity contribution in [3.8, 4) is 17.2 Å². The summed E-state index contributed by atoms with van der Waals surface area (Å²) in [5.41, 5.74) is 5.64. The predicted molar refractivity (Wildman–Crippen MR) is 117 cm³/mol. The molecule has 0 saturated heterocycles. The lowest BCUT2D eigenvalue weighted by Crippen LogP contribution is -2.51. The van der Waals surface area contributed by atoms with E-state index in [0.29, 0.717) is 22.8 Å². The van der Waals surface area contributed by atoms with Crippen molar-refractivity contribution in [2.45, 2.75) is 12.5 Å². The highest BCUT2D eigenvalue weighted by Gasteiger charge is 2.36. The topological polar surface area (TPSA) is 90.0 Å². The van der Waals surface area contributed by atoms with Gasteiger partial charge in [-0.3, -0.25) is 20.0 Å². The molecule has 4 rings (SSSR count). The number of rotatable bonds is 6. The molecule has 1 atom stereocenters. The summed E-state index contributed by atoms with van der Waals surface area (Å²) < 4.78 is 16.2. The lowest BCUT2D eigenvalue weighted by molar-refractivity contribution is -0.136. The first kappa shape index (κ1) is 21.2. The van der Waals surface area contributed by atoms with Crippen molar-refractivity contribution < 1.29 is 23.8 Å². The average Bonchev–Trinajstić information content (AvgIpc) is 2.84. The number of ether oxygens (including phenoxy) is 3. The quantitative estimate of drug-likeness (QED) is 0.643. The third-order valence-corrected chi connectivity index (χ3v) is 5.40. The van der Waals surface area contributed by atoms with Crippen LogP contribution in [0.2, 0.25) is 0 Å². The maximum atomic E-state index is 13.2. The molecule has 1 N–H and O–H groups in total. The lowest BCUT2D eigenvalue weighted by atomic mass is 9.88. The monoisotopic (exact) mass is 433 g/mol. The van der Waals surface area contributed by atoms with Crippen LogP contribution in [0.5, 0.6) is 17.2 Å². The molecule has 0 bridgehead atoms. The van der Waals surface area contributed by atoms with E-state index in [0.717, 1.165) is 16.7 Å². The van der Waals surface area contributed by atoms with E-state index in [1.165, 1.54) is 17.4 Å². The fourth-order valence-electron chi connectivity index (χ4n) is 3.79. The summed E-state index contributed by atoms with van der Waals surface area (Å²) in [4.78, 5) is 30.0. The molecule has 0 spiro atoms. The number of amides is 2. The zero-order valence-electron chi connectivity index (χ0n) is 18.0. The third-order valence-electron chi connectivity index (χ3n) is 5.40. The second-order valence-electron chi connectivity index (χ2n) is 7.20. The molecule has 32 heavy (non-hydrogen) atoms. The Morgan fingerprint density at radius 1 is 0.969 bits per heavy atom. The predicted octanol–water partition coefficient (Wildman–Crippen LogP) is 2.93. The number of pyridine rings is 1. The number of fused-ring (bicyclic) bond motifs is 1. The SMILES string of the molecule is COc1ccc([C@@H]2c3cc(OC)c(OC)cc3CC(=O)N2NC(=O)c2ccncc2)cc1. The number of nitrogens with one attached hydrogen (secondary N) is 1. The number of hydrogen-bond donors (Lipinski definition) is 1. The summed E-state index contributed by atoms with van der Waals surface area (Å²) >= 11 is 0. The number of hydrogen-bond acceptors (Lipinski definition) is 6. The highest BCUT2D eigenvalue weighted by atomic mass is 16.5. The van der Waals surface area contributed by atoms with Crippen LogP contribution in [0, 0.1) is 0 Å². The molecule has 2 heterocycles. The van der Waals surface area contributed by atoms with Gasteiger partial charge in [0.25, 0.3) is 5.91 Å². The van der Waals surface area contributed by atoms with Gasteiger partial charge in [0.05, 0.1) is 27.8 Å². The second-order valence-corrected chi connectivity index (χ2v) is 7.20. The summed E-state index contributed by atoms with van der Waals surface area (Å²) in [6, 6.07) is 13.6. The number of methoxy groups -OCH3 is 3. The Kier molecular flexibility index (Phi) is 5.93. The van der Waals surface area contributed by atoms with Crippen LogP contribution in [-0.4, -0.2) is 43.1 Å². The molecule has 0 radical (unpaired) electrons. The minimum atomic E-state index is -0.567. The molecular weight excluding hydrogens is 410 g/mol. The molecule has 2 amide bonds. The highest BCUT2D eigenvalue weighted by Crippen LogP contribution is 2.41. The Balaban J connectivity index is 1.81. The zero-order chi connectivity index (χ0) is 22.7. The van der Waals surface area contributed by atoms with E-state index in [1.807, 2.05) is 36.4 Å². The van der Waals surface area contributed by atoms with Gasteiger partial charge in [0.1, 0.15) is 11.8 Å².